The van der Waals surface area contributed by atoms with Gasteiger partial charge in [-0.3, -0.25) is 4.79 Å². The number of anilines is 1. The predicted molar refractivity (Wildman–Crippen MR) is 121 cm³/mol. The lowest BCUT2D eigenvalue weighted by atomic mass is 10.1. The van der Waals surface area contributed by atoms with Crippen molar-refractivity contribution in [2.75, 3.05) is 5.73 Å². The highest BCUT2D eigenvalue weighted by Crippen LogP contribution is 2.26. The minimum absolute atomic E-state index is 0.209. The van der Waals surface area contributed by atoms with Gasteiger partial charge in [0.05, 0.1) is 28.8 Å². The van der Waals surface area contributed by atoms with Crippen molar-refractivity contribution in [2.24, 2.45) is 0 Å². The molecule has 0 aliphatic heterocycles. The van der Waals surface area contributed by atoms with E-state index in [1.807, 2.05) is 13.0 Å². The molecule has 8 nitrogen and oxygen atoms in total. The van der Waals surface area contributed by atoms with Crippen molar-refractivity contribution >= 4 is 50.2 Å². The molecule has 1 aromatic carbocycles. The Morgan fingerprint density at radius 1 is 1.16 bits per heavy atom. The van der Waals surface area contributed by atoms with Crippen LogP contribution in [0, 0.1) is 0 Å². The predicted octanol–water partition coefficient (Wildman–Crippen LogP) is 4.22. The molecule has 2 N–H and O–H groups in total. The van der Waals surface area contributed by atoms with Crippen molar-refractivity contribution in [3.8, 4) is 0 Å². The highest BCUT2D eigenvalue weighted by molar-refractivity contribution is 9.10. The average molecular weight is 499 g/mol. The number of amides is 1. The number of hydrogen-bond acceptors (Lipinski definition) is 7. The first-order valence-electron chi connectivity index (χ1n) is 9.34. The smallest absolute Gasteiger partial charge is 0.254 e. The number of pyridine rings is 1. The Labute approximate surface area is 191 Å². The van der Waals surface area contributed by atoms with Crippen molar-refractivity contribution in [3.05, 3.63) is 81.6 Å². The van der Waals surface area contributed by atoms with Gasteiger partial charge < -0.3 is 10.6 Å². The van der Waals surface area contributed by atoms with Gasteiger partial charge in [0.1, 0.15) is 16.2 Å². The van der Waals surface area contributed by atoms with Crippen LogP contribution in [-0.2, 0) is 6.54 Å². The van der Waals surface area contributed by atoms with Crippen LogP contribution >= 0.6 is 27.5 Å². The molecule has 0 fully saturated rings. The minimum atomic E-state index is -0.400. The van der Waals surface area contributed by atoms with Crippen molar-refractivity contribution in [2.45, 2.75) is 19.5 Å². The fourth-order valence-corrected chi connectivity index (χ4v) is 3.49. The molecule has 0 aliphatic carbocycles. The van der Waals surface area contributed by atoms with Gasteiger partial charge in [0.2, 0.25) is 0 Å². The maximum absolute atomic E-state index is 13.6. The molecule has 0 aliphatic rings. The van der Waals surface area contributed by atoms with Gasteiger partial charge in [0, 0.05) is 23.3 Å². The zero-order valence-electron chi connectivity index (χ0n) is 16.4. The maximum Gasteiger partial charge on any atom is 0.254 e. The van der Waals surface area contributed by atoms with E-state index in [9.17, 15) is 4.79 Å². The Bertz CT molecular complexity index is 1240. The molecule has 1 amide bonds. The van der Waals surface area contributed by atoms with E-state index in [-0.39, 0.29) is 18.3 Å². The van der Waals surface area contributed by atoms with Crippen molar-refractivity contribution < 1.29 is 4.79 Å². The number of carbonyl (C=O) groups is 1. The highest BCUT2D eigenvalue weighted by Gasteiger charge is 2.26. The zero-order valence-corrected chi connectivity index (χ0v) is 18.7. The lowest BCUT2D eigenvalue weighted by Gasteiger charge is -2.28. The Balaban J connectivity index is 1.72. The summed E-state index contributed by atoms with van der Waals surface area (Å²) in [6.45, 7) is 2.11. The van der Waals surface area contributed by atoms with Crippen LogP contribution in [-0.4, -0.2) is 36.0 Å². The molecule has 156 valence electrons. The Hall–Kier alpha value is -3.17. The first-order valence-corrected chi connectivity index (χ1v) is 10.5. The summed E-state index contributed by atoms with van der Waals surface area (Å²) in [7, 11) is 0. The van der Waals surface area contributed by atoms with Gasteiger partial charge in [-0.05, 0) is 65.3 Å². The van der Waals surface area contributed by atoms with Gasteiger partial charge >= 0.3 is 0 Å². The van der Waals surface area contributed by atoms with E-state index in [0.29, 0.717) is 32.2 Å². The summed E-state index contributed by atoms with van der Waals surface area (Å²) in [6.07, 6.45) is 3.30. The molecule has 3 heterocycles. The number of nitrogens with zero attached hydrogens (tertiary/aromatic N) is 6. The number of nitrogens with two attached hydrogens (primary N) is 1. The number of fused-ring (bicyclic) bond motifs is 1. The van der Waals surface area contributed by atoms with E-state index in [1.165, 1.54) is 0 Å². The Kier molecular flexibility index (Phi) is 6.06. The molecule has 0 spiro atoms. The summed E-state index contributed by atoms with van der Waals surface area (Å²) in [5, 5.41) is 9.24. The molecule has 3 aromatic heterocycles. The van der Waals surface area contributed by atoms with Crippen molar-refractivity contribution in [1.29, 1.82) is 0 Å². The molecule has 1 atom stereocenters. The fraction of sp³-hybridized carbons (Fsp3) is 0.143. The van der Waals surface area contributed by atoms with Crippen LogP contribution in [0.2, 0.25) is 5.02 Å². The van der Waals surface area contributed by atoms with Crippen LogP contribution in [0.5, 0.6) is 0 Å². The van der Waals surface area contributed by atoms with E-state index >= 15 is 0 Å². The highest BCUT2D eigenvalue weighted by atomic mass is 79.9. The van der Waals surface area contributed by atoms with E-state index in [4.69, 9.17) is 17.3 Å². The molecular formula is C21H17BrClN7O. The first-order chi connectivity index (χ1) is 14.9. The second-order valence-corrected chi connectivity index (χ2v) is 8.05. The molecule has 1 unspecified atom stereocenters. The molecular weight excluding hydrogens is 482 g/mol. The summed E-state index contributed by atoms with van der Waals surface area (Å²) < 4.78 is 0.617. The summed E-state index contributed by atoms with van der Waals surface area (Å²) in [5.74, 6) is 0.567. The number of aromatic nitrogens is 5. The molecule has 4 aromatic rings. The summed E-state index contributed by atoms with van der Waals surface area (Å²) in [4.78, 5) is 28.1. The normalized spacial score (nSPS) is 12.0. The number of hydrogen-bond donors (Lipinski definition) is 1. The number of rotatable bonds is 5. The molecule has 0 saturated carbocycles. The topological polar surface area (TPSA) is 111 Å². The van der Waals surface area contributed by atoms with Crippen molar-refractivity contribution in [3.63, 3.8) is 0 Å². The summed E-state index contributed by atoms with van der Waals surface area (Å²) in [5.41, 5.74) is 7.55. The van der Waals surface area contributed by atoms with Crippen LogP contribution in [0.25, 0.3) is 10.9 Å². The first kappa shape index (κ1) is 21.1. The van der Waals surface area contributed by atoms with Crippen LogP contribution in [0.1, 0.15) is 34.8 Å². The monoisotopic (exact) mass is 497 g/mol. The third-order valence-corrected chi connectivity index (χ3v) is 5.48. The van der Waals surface area contributed by atoms with Gasteiger partial charge in [-0.25, -0.2) is 15.0 Å². The van der Waals surface area contributed by atoms with Crippen LogP contribution in [0.3, 0.4) is 0 Å². The van der Waals surface area contributed by atoms with E-state index in [2.05, 4.69) is 41.1 Å². The van der Waals surface area contributed by atoms with E-state index in [0.717, 1.165) is 5.39 Å². The van der Waals surface area contributed by atoms with Crippen molar-refractivity contribution in [1.82, 2.24) is 30.0 Å². The van der Waals surface area contributed by atoms with Gasteiger partial charge in [-0.1, -0.05) is 11.6 Å². The number of nitrogen functional groups attached to an aromatic ring is 1. The number of benzene rings is 1. The Morgan fingerprint density at radius 2 is 1.94 bits per heavy atom. The lowest BCUT2D eigenvalue weighted by molar-refractivity contribution is 0.0663. The zero-order chi connectivity index (χ0) is 22.0. The van der Waals surface area contributed by atoms with Gasteiger partial charge in [0.15, 0.2) is 0 Å². The van der Waals surface area contributed by atoms with E-state index < -0.39 is 6.04 Å². The molecule has 31 heavy (non-hydrogen) atoms. The average Bonchev–Trinajstić information content (AvgIpc) is 2.79. The largest absolute Gasteiger partial charge is 0.382 e. The number of halogens is 2. The third-order valence-electron chi connectivity index (χ3n) is 4.75. The SMILES string of the molecule is CC(c1ncccn1)N(Cc1ccc(Br)nn1)C(=O)c1ccc2nc(N)c(Cl)cc2c1. The minimum Gasteiger partial charge on any atom is -0.382 e. The summed E-state index contributed by atoms with van der Waals surface area (Å²) in [6, 6.07) is 11.8. The maximum atomic E-state index is 13.6. The molecule has 0 radical (unpaired) electrons. The van der Waals surface area contributed by atoms with Gasteiger partial charge in [-0.15, -0.1) is 5.10 Å². The van der Waals surface area contributed by atoms with Crippen LogP contribution in [0.4, 0.5) is 5.82 Å². The molecule has 4 rings (SSSR count). The molecule has 0 saturated heterocycles. The third kappa shape index (κ3) is 4.62. The van der Waals surface area contributed by atoms with Gasteiger partial charge in [-0.2, -0.15) is 5.10 Å². The van der Waals surface area contributed by atoms with E-state index in [1.54, 1.807) is 53.7 Å². The standard InChI is InChI=1S/C21H17BrClN7O/c1-12(20-25-7-2-8-26-20)30(11-15-4-6-18(22)29-28-15)21(31)13-3-5-17-14(9-13)10-16(23)19(24)27-17/h2-10,12H,11H2,1H3,(H2,24,27). The van der Waals surface area contributed by atoms with Crippen LogP contribution < -0.4 is 5.73 Å². The molecule has 0 bridgehead atoms. The van der Waals surface area contributed by atoms with Gasteiger partial charge in [0.25, 0.3) is 5.91 Å². The van der Waals surface area contributed by atoms with Crippen LogP contribution in [0.15, 0.2) is 59.5 Å². The molecule has 10 heteroatoms. The number of carbonyl (C=O) groups excluding carboxylic acids is 1. The quantitative estimate of drug-likeness (QED) is 0.438. The second kappa shape index (κ2) is 8.91. The fourth-order valence-electron chi connectivity index (χ4n) is 3.12. The lowest BCUT2D eigenvalue weighted by Crippen LogP contribution is -2.34. The second-order valence-electron chi connectivity index (χ2n) is 6.83. The summed E-state index contributed by atoms with van der Waals surface area (Å²) >= 11 is 9.39. The Morgan fingerprint density at radius 3 is 2.65 bits per heavy atom.